The Bertz CT molecular complexity index is 465. The van der Waals surface area contributed by atoms with Crippen LogP contribution in [0.5, 0.6) is 0 Å². The molecular weight excluding hydrogens is 274 g/mol. The number of carbonyl (C=O) groups is 3. The minimum Gasteiger partial charge on any atom is -0.444 e. The summed E-state index contributed by atoms with van der Waals surface area (Å²) >= 11 is 0. The van der Waals surface area contributed by atoms with Crippen molar-refractivity contribution in [3.8, 4) is 0 Å². The van der Waals surface area contributed by atoms with Crippen LogP contribution in [0.25, 0.3) is 0 Å². The summed E-state index contributed by atoms with van der Waals surface area (Å²) in [6, 6.07) is -0.899. The van der Waals surface area contributed by atoms with E-state index in [9.17, 15) is 14.4 Å². The van der Waals surface area contributed by atoms with Gasteiger partial charge in [-0.3, -0.25) is 9.59 Å². The van der Waals surface area contributed by atoms with Gasteiger partial charge in [-0.15, -0.1) is 0 Å². The van der Waals surface area contributed by atoms with Gasteiger partial charge < -0.3 is 21.1 Å². The maximum atomic E-state index is 11.9. The smallest absolute Gasteiger partial charge is 0.408 e. The summed E-state index contributed by atoms with van der Waals surface area (Å²) in [4.78, 5) is 35.1. The van der Waals surface area contributed by atoms with Gasteiger partial charge in [0.1, 0.15) is 11.6 Å². The Morgan fingerprint density at radius 2 is 2.10 bits per heavy atom. The van der Waals surface area contributed by atoms with E-state index in [1.165, 1.54) is 0 Å². The lowest BCUT2D eigenvalue weighted by atomic mass is 9.95. The lowest BCUT2D eigenvalue weighted by Crippen LogP contribution is -2.47. The molecule has 21 heavy (non-hydrogen) atoms. The number of carbonyl (C=O) groups excluding carboxylic acids is 3. The summed E-state index contributed by atoms with van der Waals surface area (Å²) in [5.74, 6) is -1.02. The van der Waals surface area contributed by atoms with Gasteiger partial charge in [-0.2, -0.15) is 0 Å². The third-order valence-corrected chi connectivity index (χ3v) is 3.80. The van der Waals surface area contributed by atoms with Crippen LogP contribution in [-0.4, -0.2) is 35.1 Å². The van der Waals surface area contributed by atoms with E-state index >= 15 is 0 Å². The van der Waals surface area contributed by atoms with Crippen molar-refractivity contribution >= 4 is 17.9 Å². The SMILES string of the molecule is CC(C)(C)OC(=O)NC(CC1CC2(CC2)NC1=O)C(N)=O. The van der Waals surface area contributed by atoms with E-state index in [0.29, 0.717) is 6.42 Å². The summed E-state index contributed by atoms with van der Waals surface area (Å²) in [5.41, 5.74) is 4.60. The molecule has 7 heteroatoms. The first kappa shape index (κ1) is 15.6. The van der Waals surface area contributed by atoms with Gasteiger partial charge >= 0.3 is 6.09 Å². The third-order valence-electron chi connectivity index (χ3n) is 3.80. The van der Waals surface area contributed by atoms with Crippen LogP contribution in [0, 0.1) is 5.92 Å². The molecule has 0 radical (unpaired) electrons. The summed E-state index contributed by atoms with van der Waals surface area (Å²) < 4.78 is 5.10. The lowest BCUT2D eigenvalue weighted by molar-refractivity contribution is -0.124. The highest BCUT2D eigenvalue weighted by Gasteiger charge is 2.52. The molecular formula is C14H23N3O4. The third kappa shape index (κ3) is 4.09. The average Bonchev–Trinajstić information content (AvgIpc) is 2.95. The summed E-state index contributed by atoms with van der Waals surface area (Å²) in [5, 5.41) is 5.41. The van der Waals surface area contributed by atoms with E-state index in [2.05, 4.69) is 10.6 Å². The Balaban J connectivity index is 1.92. The Labute approximate surface area is 124 Å². The molecule has 1 spiro atoms. The predicted molar refractivity (Wildman–Crippen MR) is 75.2 cm³/mol. The second kappa shape index (κ2) is 5.20. The molecule has 0 bridgehead atoms. The number of nitrogens with two attached hydrogens (primary N) is 1. The van der Waals surface area contributed by atoms with Gasteiger partial charge in [0, 0.05) is 11.5 Å². The number of nitrogens with one attached hydrogen (secondary N) is 2. The van der Waals surface area contributed by atoms with Crippen molar-refractivity contribution in [3.63, 3.8) is 0 Å². The van der Waals surface area contributed by atoms with E-state index < -0.39 is 23.6 Å². The molecule has 1 saturated heterocycles. The first-order valence-electron chi connectivity index (χ1n) is 7.21. The molecule has 2 atom stereocenters. The zero-order valence-corrected chi connectivity index (χ0v) is 12.7. The fourth-order valence-corrected chi connectivity index (χ4v) is 2.63. The van der Waals surface area contributed by atoms with Gasteiger partial charge in [0.2, 0.25) is 11.8 Å². The molecule has 2 fully saturated rings. The molecule has 0 aromatic heterocycles. The molecule has 3 amide bonds. The van der Waals surface area contributed by atoms with Gasteiger partial charge in [0.05, 0.1) is 0 Å². The van der Waals surface area contributed by atoms with Gasteiger partial charge in [0.25, 0.3) is 0 Å². The first-order chi connectivity index (χ1) is 9.60. The zero-order valence-electron chi connectivity index (χ0n) is 12.7. The van der Waals surface area contributed by atoms with Gasteiger partial charge in [-0.05, 0) is 46.5 Å². The van der Waals surface area contributed by atoms with E-state index in [1.807, 2.05) is 0 Å². The summed E-state index contributed by atoms with van der Waals surface area (Å²) in [6.07, 6.45) is 2.17. The number of hydrogen-bond acceptors (Lipinski definition) is 4. The van der Waals surface area contributed by atoms with Gasteiger partial charge in [0.15, 0.2) is 0 Å². The lowest BCUT2D eigenvalue weighted by Gasteiger charge is -2.23. The molecule has 2 unspecified atom stereocenters. The second-order valence-electron chi connectivity index (χ2n) is 7.01. The number of amides is 3. The highest BCUT2D eigenvalue weighted by molar-refractivity contribution is 5.87. The van der Waals surface area contributed by atoms with E-state index in [0.717, 1.165) is 12.8 Å². The molecule has 0 aromatic carbocycles. The van der Waals surface area contributed by atoms with Crippen molar-refractivity contribution in [1.82, 2.24) is 10.6 Å². The molecule has 2 rings (SSSR count). The maximum Gasteiger partial charge on any atom is 0.408 e. The van der Waals surface area contributed by atoms with E-state index in [-0.39, 0.29) is 23.8 Å². The standard InChI is InChI=1S/C14H23N3O4/c1-13(2,3)21-12(20)16-9(10(15)18)6-8-7-14(4-5-14)17-11(8)19/h8-9H,4-7H2,1-3H3,(H2,15,18)(H,16,20)(H,17,19). The van der Waals surface area contributed by atoms with Crippen molar-refractivity contribution < 1.29 is 19.1 Å². The van der Waals surface area contributed by atoms with Crippen LogP contribution in [0.15, 0.2) is 0 Å². The first-order valence-corrected chi connectivity index (χ1v) is 7.21. The van der Waals surface area contributed by atoms with Crippen LogP contribution in [0.2, 0.25) is 0 Å². The van der Waals surface area contributed by atoms with Crippen molar-refractivity contribution in [3.05, 3.63) is 0 Å². The number of hydrogen-bond donors (Lipinski definition) is 3. The Morgan fingerprint density at radius 3 is 2.52 bits per heavy atom. The Kier molecular flexibility index (Phi) is 3.86. The number of alkyl carbamates (subject to hydrolysis) is 1. The second-order valence-corrected chi connectivity index (χ2v) is 7.01. The maximum absolute atomic E-state index is 11.9. The van der Waals surface area contributed by atoms with Crippen LogP contribution in [0.4, 0.5) is 4.79 Å². The van der Waals surface area contributed by atoms with Crippen LogP contribution in [-0.2, 0) is 14.3 Å². The number of primary amides is 1. The molecule has 1 saturated carbocycles. The van der Waals surface area contributed by atoms with Crippen LogP contribution < -0.4 is 16.4 Å². The Morgan fingerprint density at radius 1 is 1.48 bits per heavy atom. The molecule has 0 aromatic rings. The largest absolute Gasteiger partial charge is 0.444 e. The normalized spacial score (nSPS) is 24.3. The fourth-order valence-electron chi connectivity index (χ4n) is 2.63. The molecule has 4 N–H and O–H groups in total. The predicted octanol–water partition coefficient (Wildman–Crippen LogP) is 0.424. The molecule has 2 aliphatic rings. The van der Waals surface area contributed by atoms with Crippen molar-refractivity contribution in [1.29, 1.82) is 0 Å². The Hall–Kier alpha value is -1.79. The zero-order chi connectivity index (χ0) is 15.8. The van der Waals surface area contributed by atoms with E-state index in [4.69, 9.17) is 10.5 Å². The quantitative estimate of drug-likeness (QED) is 0.698. The van der Waals surface area contributed by atoms with Crippen LogP contribution in [0.1, 0.15) is 46.5 Å². The molecule has 1 aliphatic carbocycles. The minimum atomic E-state index is -0.899. The summed E-state index contributed by atoms with van der Waals surface area (Å²) in [7, 11) is 0. The van der Waals surface area contributed by atoms with E-state index in [1.54, 1.807) is 20.8 Å². The van der Waals surface area contributed by atoms with Crippen LogP contribution in [0.3, 0.4) is 0 Å². The highest BCUT2D eigenvalue weighted by Crippen LogP contribution is 2.46. The molecule has 1 aliphatic heterocycles. The van der Waals surface area contributed by atoms with Gasteiger partial charge in [-0.1, -0.05) is 0 Å². The molecule has 118 valence electrons. The number of rotatable bonds is 4. The van der Waals surface area contributed by atoms with Crippen molar-refractivity contribution in [2.75, 3.05) is 0 Å². The summed E-state index contributed by atoms with van der Waals surface area (Å²) in [6.45, 7) is 5.19. The van der Waals surface area contributed by atoms with Gasteiger partial charge in [-0.25, -0.2) is 4.79 Å². The average molecular weight is 297 g/mol. The topological polar surface area (TPSA) is 111 Å². The van der Waals surface area contributed by atoms with Crippen molar-refractivity contribution in [2.45, 2.75) is 63.6 Å². The van der Waals surface area contributed by atoms with Crippen molar-refractivity contribution in [2.24, 2.45) is 11.7 Å². The number of ether oxygens (including phenoxy) is 1. The monoisotopic (exact) mass is 297 g/mol. The highest BCUT2D eigenvalue weighted by atomic mass is 16.6. The fraction of sp³-hybridized carbons (Fsp3) is 0.786. The minimum absolute atomic E-state index is 0.0597. The van der Waals surface area contributed by atoms with Crippen LogP contribution >= 0.6 is 0 Å². The molecule has 1 heterocycles. The molecule has 7 nitrogen and oxygen atoms in total.